The van der Waals surface area contributed by atoms with Gasteiger partial charge in [-0.05, 0) is 30.2 Å². The molecule has 0 saturated heterocycles. The summed E-state index contributed by atoms with van der Waals surface area (Å²) in [4.78, 5) is 11.5. The number of ketones is 1. The Balaban J connectivity index is 2.69. The van der Waals surface area contributed by atoms with E-state index < -0.39 is 6.10 Å². The average Bonchev–Trinajstić information content (AvgIpc) is 2.16. The molecule has 2 nitrogen and oxygen atoms in total. The number of carbonyl (C=O) groups is 1. The molecule has 0 fully saturated rings. The zero-order chi connectivity index (χ0) is 12.1. The standard InChI is InChI=1S/C12H14BrFO2/c1-2-3-11(15)12(16)6-8-4-9(13)7-10(14)5-8/h4-5,7,11,15H,2-3,6H2,1H3. The molecule has 16 heavy (non-hydrogen) atoms. The first-order valence-corrected chi connectivity index (χ1v) is 5.98. The van der Waals surface area contributed by atoms with Gasteiger partial charge in [0.05, 0.1) is 0 Å². The van der Waals surface area contributed by atoms with E-state index in [2.05, 4.69) is 15.9 Å². The summed E-state index contributed by atoms with van der Waals surface area (Å²) >= 11 is 3.16. The topological polar surface area (TPSA) is 37.3 Å². The van der Waals surface area contributed by atoms with E-state index in [0.717, 1.165) is 6.42 Å². The third kappa shape index (κ3) is 4.02. The largest absolute Gasteiger partial charge is 0.385 e. The Labute approximate surface area is 103 Å². The maximum atomic E-state index is 13.0. The number of aliphatic hydroxyl groups excluding tert-OH is 1. The Morgan fingerprint density at radius 2 is 2.19 bits per heavy atom. The summed E-state index contributed by atoms with van der Waals surface area (Å²) < 4.78 is 13.6. The summed E-state index contributed by atoms with van der Waals surface area (Å²) in [5.41, 5.74) is 0.576. The first kappa shape index (κ1) is 13.3. The molecular formula is C12H14BrFO2. The van der Waals surface area contributed by atoms with Gasteiger partial charge in [-0.3, -0.25) is 4.79 Å². The highest BCUT2D eigenvalue weighted by Gasteiger charge is 2.14. The van der Waals surface area contributed by atoms with Gasteiger partial charge in [-0.15, -0.1) is 0 Å². The Kier molecular flexibility index (Phi) is 5.09. The molecule has 0 aliphatic rings. The fourth-order valence-electron chi connectivity index (χ4n) is 1.47. The molecule has 0 aromatic heterocycles. The van der Waals surface area contributed by atoms with Crippen LogP contribution in [0.1, 0.15) is 25.3 Å². The molecule has 1 rings (SSSR count). The van der Waals surface area contributed by atoms with E-state index in [1.54, 1.807) is 6.07 Å². The quantitative estimate of drug-likeness (QED) is 0.905. The number of rotatable bonds is 5. The second-order valence-electron chi connectivity index (χ2n) is 3.73. The van der Waals surface area contributed by atoms with Crippen LogP contribution in [-0.4, -0.2) is 17.0 Å². The molecule has 0 aliphatic heterocycles. The van der Waals surface area contributed by atoms with Crippen molar-refractivity contribution in [3.05, 3.63) is 34.1 Å². The lowest BCUT2D eigenvalue weighted by Gasteiger charge is -2.08. The van der Waals surface area contributed by atoms with Gasteiger partial charge >= 0.3 is 0 Å². The smallest absolute Gasteiger partial charge is 0.165 e. The number of carbonyl (C=O) groups excluding carboxylic acids is 1. The van der Waals surface area contributed by atoms with Gasteiger partial charge in [0.2, 0.25) is 0 Å². The molecule has 0 bridgehead atoms. The lowest BCUT2D eigenvalue weighted by molar-refractivity contribution is -0.126. The molecule has 4 heteroatoms. The molecule has 1 unspecified atom stereocenters. The lowest BCUT2D eigenvalue weighted by atomic mass is 10.0. The Hall–Kier alpha value is -0.740. The summed E-state index contributed by atoms with van der Waals surface area (Å²) in [5.74, 6) is -0.651. The minimum atomic E-state index is -0.938. The highest BCUT2D eigenvalue weighted by atomic mass is 79.9. The number of aliphatic hydroxyl groups is 1. The van der Waals surface area contributed by atoms with Gasteiger partial charge in [0, 0.05) is 10.9 Å². The minimum Gasteiger partial charge on any atom is -0.385 e. The number of Topliss-reactive ketones (excluding diaryl/α,β-unsaturated/α-hetero) is 1. The summed E-state index contributed by atoms with van der Waals surface area (Å²) in [6.45, 7) is 1.90. The molecule has 1 N–H and O–H groups in total. The van der Waals surface area contributed by atoms with Gasteiger partial charge in [0.1, 0.15) is 11.9 Å². The minimum absolute atomic E-state index is 0.0670. The summed E-state index contributed by atoms with van der Waals surface area (Å²) in [5, 5.41) is 9.46. The van der Waals surface area contributed by atoms with E-state index in [1.165, 1.54) is 12.1 Å². The van der Waals surface area contributed by atoms with Crippen LogP contribution in [0.25, 0.3) is 0 Å². The number of halogens is 2. The molecule has 0 heterocycles. The number of hydrogen-bond donors (Lipinski definition) is 1. The average molecular weight is 289 g/mol. The fourth-order valence-corrected chi connectivity index (χ4v) is 1.98. The van der Waals surface area contributed by atoms with Crippen LogP contribution in [0.3, 0.4) is 0 Å². The molecule has 1 atom stereocenters. The van der Waals surface area contributed by atoms with Crippen LogP contribution in [0.15, 0.2) is 22.7 Å². The molecule has 1 aromatic carbocycles. The molecular weight excluding hydrogens is 275 g/mol. The Morgan fingerprint density at radius 1 is 1.50 bits per heavy atom. The van der Waals surface area contributed by atoms with E-state index >= 15 is 0 Å². The maximum Gasteiger partial charge on any atom is 0.165 e. The molecule has 0 saturated carbocycles. The molecule has 0 spiro atoms. The predicted molar refractivity (Wildman–Crippen MR) is 63.7 cm³/mol. The van der Waals surface area contributed by atoms with Crippen LogP contribution in [0.4, 0.5) is 4.39 Å². The monoisotopic (exact) mass is 288 g/mol. The van der Waals surface area contributed by atoms with Crippen molar-refractivity contribution < 1.29 is 14.3 Å². The van der Waals surface area contributed by atoms with Crippen LogP contribution in [0.2, 0.25) is 0 Å². The van der Waals surface area contributed by atoms with E-state index in [9.17, 15) is 14.3 Å². The van der Waals surface area contributed by atoms with Crippen LogP contribution >= 0.6 is 15.9 Å². The van der Waals surface area contributed by atoms with Gasteiger partial charge < -0.3 is 5.11 Å². The van der Waals surface area contributed by atoms with Crippen LogP contribution < -0.4 is 0 Å². The zero-order valence-corrected chi connectivity index (χ0v) is 10.6. The third-order valence-corrected chi connectivity index (χ3v) is 2.69. The fraction of sp³-hybridized carbons (Fsp3) is 0.417. The van der Waals surface area contributed by atoms with Crippen molar-refractivity contribution in [1.29, 1.82) is 0 Å². The van der Waals surface area contributed by atoms with E-state index in [4.69, 9.17) is 0 Å². The van der Waals surface area contributed by atoms with Crippen molar-refractivity contribution in [2.24, 2.45) is 0 Å². The predicted octanol–water partition coefficient (Wildman–Crippen LogP) is 2.86. The molecule has 0 radical (unpaired) electrons. The lowest BCUT2D eigenvalue weighted by Crippen LogP contribution is -2.21. The van der Waals surface area contributed by atoms with Crippen molar-refractivity contribution in [1.82, 2.24) is 0 Å². The van der Waals surface area contributed by atoms with Crippen molar-refractivity contribution in [3.63, 3.8) is 0 Å². The zero-order valence-electron chi connectivity index (χ0n) is 9.04. The van der Waals surface area contributed by atoms with Crippen molar-refractivity contribution in [3.8, 4) is 0 Å². The van der Waals surface area contributed by atoms with Gasteiger partial charge in [-0.1, -0.05) is 29.3 Å². The summed E-state index contributed by atoms with van der Waals surface area (Å²) in [7, 11) is 0. The molecule has 0 amide bonds. The molecule has 0 aliphatic carbocycles. The normalized spacial score (nSPS) is 12.5. The maximum absolute atomic E-state index is 13.0. The van der Waals surface area contributed by atoms with Gasteiger partial charge in [-0.25, -0.2) is 4.39 Å². The first-order chi connectivity index (χ1) is 7.52. The van der Waals surface area contributed by atoms with Gasteiger partial charge in [-0.2, -0.15) is 0 Å². The van der Waals surface area contributed by atoms with Crippen LogP contribution in [0.5, 0.6) is 0 Å². The SMILES string of the molecule is CCCC(O)C(=O)Cc1cc(F)cc(Br)c1. The van der Waals surface area contributed by atoms with E-state index in [-0.39, 0.29) is 18.0 Å². The summed E-state index contributed by atoms with van der Waals surface area (Å²) in [6.07, 6.45) is 0.333. The van der Waals surface area contributed by atoms with Crippen molar-refractivity contribution in [2.75, 3.05) is 0 Å². The van der Waals surface area contributed by atoms with Gasteiger partial charge in [0.25, 0.3) is 0 Å². The van der Waals surface area contributed by atoms with Gasteiger partial charge in [0.15, 0.2) is 5.78 Å². The van der Waals surface area contributed by atoms with Crippen LogP contribution in [0, 0.1) is 5.82 Å². The van der Waals surface area contributed by atoms with E-state index in [0.29, 0.717) is 16.5 Å². The third-order valence-electron chi connectivity index (χ3n) is 2.23. The first-order valence-electron chi connectivity index (χ1n) is 5.18. The summed E-state index contributed by atoms with van der Waals surface area (Å²) in [6, 6.07) is 4.32. The van der Waals surface area contributed by atoms with E-state index in [1.807, 2.05) is 6.92 Å². The van der Waals surface area contributed by atoms with Crippen LogP contribution in [-0.2, 0) is 11.2 Å². The van der Waals surface area contributed by atoms with Crippen molar-refractivity contribution in [2.45, 2.75) is 32.3 Å². The van der Waals surface area contributed by atoms with Crippen molar-refractivity contribution >= 4 is 21.7 Å². The highest BCUT2D eigenvalue weighted by molar-refractivity contribution is 9.10. The number of hydrogen-bond acceptors (Lipinski definition) is 2. The molecule has 88 valence electrons. The second-order valence-corrected chi connectivity index (χ2v) is 4.64. The highest BCUT2D eigenvalue weighted by Crippen LogP contribution is 2.16. The number of benzene rings is 1. The second kappa shape index (κ2) is 6.11. The Bertz CT molecular complexity index is 359. The molecule has 1 aromatic rings. The Morgan fingerprint density at radius 3 is 2.75 bits per heavy atom.